The summed E-state index contributed by atoms with van der Waals surface area (Å²) in [6.07, 6.45) is 1.67. The molecular weight excluding hydrogens is 364 g/mol. The number of thiazole rings is 1. The Hall–Kier alpha value is -3.39. The molecule has 0 saturated carbocycles. The summed E-state index contributed by atoms with van der Waals surface area (Å²) < 4.78 is 10.0. The third kappa shape index (κ3) is 3.47. The summed E-state index contributed by atoms with van der Waals surface area (Å²) in [5.74, 6) is 0.210. The van der Waals surface area contributed by atoms with E-state index >= 15 is 0 Å². The maximum atomic E-state index is 12.3. The first kappa shape index (κ1) is 17.0. The van der Waals surface area contributed by atoms with Crippen LogP contribution >= 0.6 is 11.3 Å². The van der Waals surface area contributed by atoms with Crippen molar-refractivity contribution in [3.63, 3.8) is 0 Å². The zero-order valence-electron chi connectivity index (χ0n) is 14.5. The SMILES string of the molecule is Cn1/c(=N/NC(=O)c2ccc(Cn3ccccc3=O)o2)sc2ccccc21. The molecule has 0 fully saturated rings. The number of carbonyl (C=O) groups excluding carboxylic acids is 1. The van der Waals surface area contributed by atoms with Crippen LogP contribution in [0.3, 0.4) is 0 Å². The van der Waals surface area contributed by atoms with E-state index in [0.717, 1.165) is 10.2 Å². The smallest absolute Gasteiger partial charge is 0.307 e. The van der Waals surface area contributed by atoms with E-state index < -0.39 is 5.91 Å². The fraction of sp³-hybridized carbons (Fsp3) is 0.105. The van der Waals surface area contributed by atoms with Gasteiger partial charge in [0.05, 0.1) is 16.8 Å². The number of aromatic nitrogens is 2. The van der Waals surface area contributed by atoms with Crippen molar-refractivity contribution in [2.75, 3.05) is 0 Å². The number of amides is 1. The summed E-state index contributed by atoms with van der Waals surface area (Å²) in [7, 11) is 1.90. The quantitative estimate of drug-likeness (QED) is 0.552. The Balaban J connectivity index is 1.52. The van der Waals surface area contributed by atoms with Gasteiger partial charge in [-0.3, -0.25) is 9.59 Å². The van der Waals surface area contributed by atoms with Crippen LogP contribution in [0.4, 0.5) is 0 Å². The van der Waals surface area contributed by atoms with Crippen molar-refractivity contribution in [2.24, 2.45) is 12.1 Å². The van der Waals surface area contributed by atoms with Gasteiger partial charge in [0.2, 0.25) is 4.80 Å². The second-order valence-corrected chi connectivity index (χ2v) is 6.91. The third-order valence-electron chi connectivity index (χ3n) is 4.08. The van der Waals surface area contributed by atoms with Crippen molar-refractivity contribution in [1.29, 1.82) is 0 Å². The molecule has 0 saturated heterocycles. The van der Waals surface area contributed by atoms with Gasteiger partial charge >= 0.3 is 5.91 Å². The minimum Gasteiger partial charge on any atom is -0.454 e. The lowest BCUT2D eigenvalue weighted by molar-refractivity contribution is 0.0923. The van der Waals surface area contributed by atoms with Crippen molar-refractivity contribution >= 4 is 27.5 Å². The first-order valence-electron chi connectivity index (χ1n) is 8.24. The number of nitrogens with one attached hydrogen (secondary N) is 1. The van der Waals surface area contributed by atoms with Gasteiger partial charge in [0.15, 0.2) is 5.76 Å². The molecule has 1 N–H and O–H groups in total. The zero-order chi connectivity index (χ0) is 18.8. The average molecular weight is 380 g/mol. The molecule has 0 unspecified atom stereocenters. The highest BCUT2D eigenvalue weighted by Crippen LogP contribution is 2.15. The van der Waals surface area contributed by atoms with E-state index in [4.69, 9.17) is 4.42 Å². The van der Waals surface area contributed by atoms with Crippen LogP contribution in [0.25, 0.3) is 10.2 Å². The summed E-state index contributed by atoms with van der Waals surface area (Å²) in [5.41, 5.74) is 3.43. The number of hydrogen-bond donors (Lipinski definition) is 1. The largest absolute Gasteiger partial charge is 0.454 e. The van der Waals surface area contributed by atoms with E-state index in [1.54, 1.807) is 30.5 Å². The Labute approximate surface area is 157 Å². The standard InChI is InChI=1S/C19H16N4O3S/c1-22-14-6-2-3-7-16(14)27-19(22)21-20-18(25)15-10-9-13(26-15)12-23-11-5-4-8-17(23)24/h2-11H,12H2,1H3,(H,20,25)/b21-19-. The van der Waals surface area contributed by atoms with Gasteiger partial charge in [-0.1, -0.05) is 29.5 Å². The zero-order valence-corrected chi connectivity index (χ0v) is 15.3. The van der Waals surface area contributed by atoms with Gasteiger partial charge < -0.3 is 13.6 Å². The number of benzene rings is 1. The van der Waals surface area contributed by atoms with E-state index in [2.05, 4.69) is 10.5 Å². The molecule has 4 rings (SSSR count). The monoisotopic (exact) mass is 380 g/mol. The molecule has 0 aliphatic carbocycles. The molecule has 0 atom stereocenters. The maximum absolute atomic E-state index is 12.3. The predicted molar refractivity (Wildman–Crippen MR) is 102 cm³/mol. The van der Waals surface area contributed by atoms with Gasteiger partial charge in [0.1, 0.15) is 5.76 Å². The Morgan fingerprint density at radius 1 is 1.15 bits per heavy atom. The van der Waals surface area contributed by atoms with E-state index in [-0.39, 0.29) is 17.9 Å². The molecule has 0 aliphatic rings. The van der Waals surface area contributed by atoms with Gasteiger partial charge in [-0.2, -0.15) is 0 Å². The highest BCUT2D eigenvalue weighted by Gasteiger charge is 2.11. The first-order chi connectivity index (χ1) is 13.1. The van der Waals surface area contributed by atoms with Crippen LogP contribution in [0, 0.1) is 0 Å². The number of nitrogens with zero attached hydrogens (tertiary/aromatic N) is 3. The Bertz CT molecular complexity index is 1250. The number of aryl methyl sites for hydroxylation is 1. The van der Waals surface area contributed by atoms with Crippen molar-refractivity contribution in [3.05, 3.63) is 87.5 Å². The molecule has 136 valence electrons. The lowest BCUT2D eigenvalue weighted by Crippen LogP contribution is -2.22. The molecule has 1 aromatic carbocycles. The summed E-state index contributed by atoms with van der Waals surface area (Å²) in [5, 5.41) is 4.19. The molecule has 7 nitrogen and oxygen atoms in total. The molecule has 8 heteroatoms. The molecule has 0 radical (unpaired) electrons. The minimum atomic E-state index is -0.445. The van der Waals surface area contributed by atoms with Gasteiger partial charge in [0.25, 0.3) is 5.56 Å². The van der Waals surface area contributed by atoms with Crippen LogP contribution < -0.4 is 15.8 Å². The minimum absolute atomic E-state index is 0.132. The molecule has 27 heavy (non-hydrogen) atoms. The van der Waals surface area contributed by atoms with E-state index in [1.165, 1.54) is 22.0 Å². The van der Waals surface area contributed by atoms with E-state index in [9.17, 15) is 9.59 Å². The molecule has 3 aromatic heterocycles. The number of rotatable bonds is 4. The van der Waals surface area contributed by atoms with Crippen LogP contribution in [0.2, 0.25) is 0 Å². The highest BCUT2D eigenvalue weighted by atomic mass is 32.1. The Morgan fingerprint density at radius 3 is 2.78 bits per heavy atom. The molecule has 0 spiro atoms. The fourth-order valence-corrected chi connectivity index (χ4v) is 3.67. The summed E-state index contributed by atoms with van der Waals surface area (Å²) in [6.45, 7) is 0.259. The number of hydrogen-bond acceptors (Lipinski definition) is 5. The average Bonchev–Trinajstić information content (AvgIpc) is 3.27. The topological polar surface area (TPSA) is 81.5 Å². The van der Waals surface area contributed by atoms with Crippen molar-refractivity contribution in [2.45, 2.75) is 6.54 Å². The predicted octanol–water partition coefficient (Wildman–Crippen LogP) is 2.29. The summed E-state index contributed by atoms with van der Waals surface area (Å²) in [6, 6.07) is 16.1. The van der Waals surface area contributed by atoms with Gasteiger partial charge in [-0.15, -0.1) is 5.10 Å². The Kier molecular flexibility index (Phi) is 4.47. The number of furan rings is 1. The van der Waals surface area contributed by atoms with Gasteiger partial charge in [0, 0.05) is 19.3 Å². The van der Waals surface area contributed by atoms with E-state index in [0.29, 0.717) is 10.6 Å². The molecular formula is C19H16N4O3S. The Morgan fingerprint density at radius 2 is 1.96 bits per heavy atom. The second kappa shape index (κ2) is 7.08. The van der Waals surface area contributed by atoms with Crippen LogP contribution in [-0.4, -0.2) is 15.0 Å². The van der Waals surface area contributed by atoms with Crippen LogP contribution in [0.1, 0.15) is 16.3 Å². The lowest BCUT2D eigenvalue weighted by Gasteiger charge is -2.01. The number of para-hydroxylation sites is 1. The van der Waals surface area contributed by atoms with E-state index in [1.807, 2.05) is 35.9 Å². The normalized spacial score (nSPS) is 11.8. The number of pyridine rings is 1. The summed E-state index contributed by atoms with van der Waals surface area (Å²) >= 11 is 1.48. The van der Waals surface area contributed by atoms with Gasteiger partial charge in [-0.25, -0.2) is 5.43 Å². The van der Waals surface area contributed by atoms with Crippen LogP contribution in [-0.2, 0) is 13.6 Å². The maximum Gasteiger partial charge on any atom is 0.307 e. The number of fused-ring (bicyclic) bond motifs is 1. The molecule has 0 aliphatic heterocycles. The van der Waals surface area contributed by atoms with Crippen LogP contribution in [0.15, 0.2) is 75.1 Å². The van der Waals surface area contributed by atoms with Crippen LogP contribution in [0.5, 0.6) is 0 Å². The highest BCUT2D eigenvalue weighted by molar-refractivity contribution is 7.16. The fourth-order valence-electron chi connectivity index (χ4n) is 2.69. The first-order valence-corrected chi connectivity index (χ1v) is 9.06. The van der Waals surface area contributed by atoms with Crippen molar-refractivity contribution in [1.82, 2.24) is 14.6 Å². The lowest BCUT2D eigenvalue weighted by atomic mass is 10.3. The summed E-state index contributed by atoms with van der Waals surface area (Å²) in [4.78, 5) is 24.7. The molecule has 1 amide bonds. The van der Waals surface area contributed by atoms with Crippen molar-refractivity contribution in [3.8, 4) is 0 Å². The molecule has 4 aromatic rings. The van der Waals surface area contributed by atoms with Gasteiger partial charge in [-0.05, 0) is 30.3 Å². The third-order valence-corrected chi connectivity index (χ3v) is 5.19. The second-order valence-electron chi connectivity index (χ2n) is 5.90. The molecule has 3 heterocycles. The van der Waals surface area contributed by atoms with Crippen molar-refractivity contribution < 1.29 is 9.21 Å². The number of carbonyl (C=O) groups is 1. The molecule has 0 bridgehead atoms.